The molecule has 0 bridgehead atoms. The molecule has 1 amide bonds. The summed E-state index contributed by atoms with van der Waals surface area (Å²) in [5.74, 6) is -0.0811. The zero-order valence-electron chi connectivity index (χ0n) is 13.2. The molecule has 120 valence electrons. The number of aliphatic hydroxyl groups excluding tert-OH is 1. The van der Waals surface area contributed by atoms with Crippen LogP contribution < -0.4 is 0 Å². The Morgan fingerprint density at radius 1 is 1.39 bits per heavy atom. The Balaban J connectivity index is 1.80. The van der Waals surface area contributed by atoms with Gasteiger partial charge in [-0.3, -0.25) is 9.48 Å². The summed E-state index contributed by atoms with van der Waals surface area (Å²) >= 11 is 0. The van der Waals surface area contributed by atoms with E-state index < -0.39 is 0 Å². The molecular weight excluding hydrogens is 290 g/mol. The van der Waals surface area contributed by atoms with Crippen molar-refractivity contribution in [1.82, 2.24) is 14.7 Å². The van der Waals surface area contributed by atoms with Crippen LogP contribution in [0.4, 0.5) is 0 Å². The fraction of sp³-hybridized carbons (Fsp3) is 0.333. The van der Waals surface area contributed by atoms with Crippen molar-refractivity contribution in [1.29, 1.82) is 0 Å². The number of rotatable bonds is 4. The van der Waals surface area contributed by atoms with Crippen molar-refractivity contribution in [3.8, 4) is 0 Å². The highest BCUT2D eigenvalue weighted by atomic mass is 16.3. The summed E-state index contributed by atoms with van der Waals surface area (Å²) in [6.07, 6.45) is 5.90. The summed E-state index contributed by atoms with van der Waals surface area (Å²) in [4.78, 5) is 14.3. The third-order valence-corrected chi connectivity index (χ3v) is 4.31. The van der Waals surface area contributed by atoms with Gasteiger partial charge in [0.25, 0.3) is 0 Å². The molecule has 0 fully saturated rings. The SMILES string of the molecule is CCn1nccc1/C=C/C(=O)N1CCc2ccccc2C1CO. The van der Waals surface area contributed by atoms with Crippen molar-refractivity contribution < 1.29 is 9.90 Å². The first kappa shape index (κ1) is 15.5. The molecule has 1 aromatic carbocycles. The van der Waals surface area contributed by atoms with Crippen molar-refractivity contribution in [3.63, 3.8) is 0 Å². The molecule has 0 saturated heterocycles. The van der Waals surface area contributed by atoms with E-state index in [4.69, 9.17) is 0 Å². The van der Waals surface area contributed by atoms with Gasteiger partial charge in [0.05, 0.1) is 18.3 Å². The number of carbonyl (C=O) groups excluding carboxylic acids is 1. The van der Waals surface area contributed by atoms with Crippen LogP contribution in [0.15, 0.2) is 42.6 Å². The molecule has 3 rings (SSSR count). The summed E-state index contributed by atoms with van der Waals surface area (Å²) in [7, 11) is 0. The minimum absolute atomic E-state index is 0.0660. The second kappa shape index (κ2) is 6.79. The fourth-order valence-corrected chi connectivity index (χ4v) is 3.11. The molecule has 2 heterocycles. The van der Waals surface area contributed by atoms with E-state index in [0.29, 0.717) is 6.54 Å². The molecule has 0 saturated carbocycles. The van der Waals surface area contributed by atoms with Gasteiger partial charge in [-0.1, -0.05) is 24.3 Å². The standard InChI is InChI=1S/C18H21N3O2/c1-2-21-15(9-11-19-21)7-8-18(23)20-12-10-14-5-3-4-6-16(14)17(20)13-22/h3-9,11,17,22H,2,10,12-13H2,1H3/b8-7+. The molecule has 1 aromatic heterocycles. The van der Waals surface area contributed by atoms with Crippen LogP contribution in [-0.2, 0) is 17.8 Å². The lowest BCUT2D eigenvalue weighted by atomic mass is 9.93. The molecule has 2 aromatic rings. The average Bonchev–Trinajstić information content (AvgIpc) is 3.06. The topological polar surface area (TPSA) is 58.4 Å². The third-order valence-electron chi connectivity index (χ3n) is 4.31. The maximum Gasteiger partial charge on any atom is 0.247 e. The van der Waals surface area contributed by atoms with E-state index in [0.717, 1.165) is 24.2 Å². The highest BCUT2D eigenvalue weighted by Crippen LogP contribution is 2.29. The maximum absolute atomic E-state index is 12.6. The van der Waals surface area contributed by atoms with E-state index in [1.54, 1.807) is 23.2 Å². The number of aryl methyl sites for hydroxylation is 1. The van der Waals surface area contributed by atoms with Crippen LogP contribution >= 0.6 is 0 Å². The first-order valence-corrected chi connectivity index (χ1v) is 7.93. The van der Waals surface area contributed by atoms with Gasteiger partial charge in [0.2, 0.25) is 5.91 Å². The van der Waals surface area contributed by atoms with Crippen molar-refractivity contribution in [2.24, 2.45) is 0 Å². The van der Waals surface area contributed by atoms with Crippen LogP contribution in [0, 0.1) is 0 Å². The Hall–Kier alpha value is -2.40. The van der Waals surface area contributed by atoms with Crippen LogP contribution in [0.5, 0.6) is 0 Å². The molecule has 0 spiro atoms. The fourth-order valence-electron chi connectivity index (χ4n) is 3.11. The Kier molecular flexibility index (Phi) is 4.57. The lowest BCUT2D eigenvalue weighted by Crippen LogP contribution is -2.40. The number of fused-ring (bicyclic) bond motifs is 1. The van der Waals surface area contributed by atoms with Gasteiger partial charge in [0.15, 0.2) is 0 Å². The number of nitrogens with zero attached hydrogens (tertiary/aromatic N) is 3. The number of amides is 1. The average molecular weight is 311 g/mol. The number of hydrogen-bond acceptors (Lipinski definition) is 3. The zero-order chi connectivity index (χ0) is 16.2. The minimum Gasteiger partial charge on any atom is -0.394 e. The number of hydrogen-bond donors (Lipinski definition) is 1. The Morgan fingerprint density at radius 3 is 3.00 bits per heavy atom. The number of aromatic nitrogens is 2. The van der Waals surface area contributed by atoms with Gasteiger partial charge in [-0.05, 0) is 36.6 Å². The summed E-state index contributed by atoms with van der Waals surface area (Å²) < 4.78 is 1.83. The molecule has 1 atom stereocenters. The van der Waals surface area contributed by atoms with Crippen molar-refractivity contribution >= 4 is 12.0 Å². The van der Waals surface area contributed by atoms with Crippen LogP contribution in [0.25, 0.3) is 6.08 Å². The van der Waals surface area contributed by atoms with E-state index in [-0.39, 0.29) is 18.6 Å². The Morgan fingerprint density at radius 2 is 2.22 bits per heavy atom. The smallest absolute Gasteiger partial charge is 0.247 e. The quantitative estimate of drug-likeness (QED) is 0.879. The second-order valence-electron chi connectivity index (χ2n) is 5.58. The van der Waals surface area contributed by atoms with E-state index in [2.05, 4.69) is 11.2 Å². The molecule has 23 heavy (non-hydrogen) atoms. The molecule has 1 aliphatic heterocycles. The van der Waals surface area contributed by atoms with E-state index in [9.17, 15) is 9.90 Å². The monoisotopic (exact) mass is 311 g/mol. The molecular formula is C18H21N3O2. The summed E-state index contributed by atoms with van der Waals surface area (Å²) in [6.45, 7) is 3.33. The van der Waals surface area contributed by atoms with Gasteiger partial charge in [-0.2, -0.15) is 5.10 Å². The van der Waals surface area contributed by atoms with E-state index >= 15 is 0 Å². The molecule has 1 N–H and O–H groups in total. The highest BCUT2D eigenvalue weighted by Gasteiger charge is 2.28. The molecule has 0 aliphatic carbocycles. The van der Waals surface area contributed by atoms with Crippen LogP contribution in [-0.4, -0.2) is 38.8 Å². The van der Waals surface area contributed by atoms with Gasteiger partial charge in [-0.15, -0.1) is 0 Å². The lowest BCUT2D eigenvalue weighted by Gasteiger charge is -2.35. The Bertz CT molecular complexity index is 721. The number of carbonyl (C=O) groups is 1. The molecule has 5 heteroatoms. The first-order chi connectivity index (χ1) is 11.2. The molecule has 0 radical (unpaired) electrons. The summed E-state index contributed by atoms with van der Waals surface area (Å²) in [5, 5.41) is 13.9. The van der Waals surface area contributed by atoms with Crippen molar-refractivity contribution in [2.45, 2.75) is 25.9 Å². The number of aliphatic hydroxyl groups is 1. The zero-order valence-corrected chi connectivity index (χ0v) is 13.2. The van der Waals surface area contributed by atoms with Gasteiger partial charge >= 0.3 is 0 Å². The molecule has 1 unspecified atom stereocenters. The molecule has 1 aliphatic rings. The predicted molar refractivity (Wildman–Crippen MR) is 88.6 cm³/mol. The van der Waals surface area contributed by atoms with E-state index in [1.807, 2.05) is 35.9 Å². The van der Waals surface area contributed by atoms with Gasteiger partial charge < -0.3 is 10.0 Å². The maximum atomic E-state index is 12.6. The normalized spacial score (nSPS) is 17.5. The van der Waals surface area contributed by atoms with Crippen LogP contribution in [0.1, 0.15) is 29.8 Å². The van der Waals surface area contributed by atoms with Gasteiger partial charge in [0, 0.05) is 25.4 Å². The van der Waals surface area contributed by atoms with Crippen molar-refractivity contribution in [3.05, 3.63) is 59.4 Å². The summed E-state index contributed by atoms with van der Waals surface area (Å²) in [6, 6.07) is 9.61. The predicted octanol–water partition coefficient (Wildman–Crippen LogP) is 2.03. The van der Waals surface area contributed by atoms with Crippen molar-refractivity contribution in [2.75, 3.05) is 13.2 Å². The third kappa shape index (κ3) is 3.05. The summed E-state index contributed by atoms with van der Waals surface area (Å²) in [5.41, 5.74) is 3.16. The van der Waals surface area contributed by atoms with Gasteiger partial charge in [0.1, 0.15) is 0 Å². The van der Waals surface area contributed by atoms with Crippen LogP contribution in [0.2, 0.25) is 0 Å². The molecule has 5 nitrogen and oxygen atoms in total. The number of benzene rings is 1. The second-order valence-corrected chi connectivity index (χ2v) is 5.58. The van der Waals surface area contributed by atoms with E-state index in [1.165, 1.54) is 5.56 Å². The van der Waals surface area contributed by atoms with Crippen LogP contribution in [0.3, 0.4) is 0 Å². The van der Waals surface area contributed by atoms with Gasteiger partial charge in [-0.25, -0.2) is 0 Å². The largest absolute Gasteiger partial charge is 0.394 e. The first-order valence-electron chi connectivity index (χ1n) is 7.93. The Labute approximate surface area is 135 Å². The lowest BCUT2D eigenvalue weighted by molar-refractivity contribution is -0.129. The highest BCUT2D eigenvalue weighted by molar-refractivity contribution is 5.92. The minimum atomic E-state index is -0.270.